The first-order valence-electron chi connectivity index (χ1n) is 5.24. The van der Waals surface area contributed by atoms with E-state index in [1.54, 1.807) is 30.8 Å². The molecule has 2 N–H and O–H groups in total. The second-order valence-electron chi connectivity index (χ2n) is 3.64. The lowest BCUT2D eigenvalue weighted by molar-refractivity contribution is 0.199. The zero-order valence-corrected chi connectivity index (χ0v) is 11.5. The number of aliphatic hydroxyl groups is 1. The highest BCUT2D eigenvalue weighted by Crippen LogP contribution is 2.16. The van der Waals surface area contributed by atoms with Gasteiger partial charge < -0.3 is 5.11 Å². The zero-order chi connectivity index (χ0) is 12.9. The lowest BCUT2D eigenvalue weighted by atomic mass is 10.1. The van der Waals surface area contributed by atoms with Crippen molar-refractivity contribution < 1.29 is 13.5 Å². The average molecular weight is 275 g/mol. The molecule has 0 aromatic heterocycles. The predicted octanol–water partition coefficient (Wildman–Crippen LogP) is 1.38. The molecule has 0 heterocycles. The first kappa shape index (κ1) is 14.5. The maximum atomic E-state index is 11.9. The topological polar surface area (TPSA) is 66.4 Å². The van der Waals surface area contributed by atoms with Crippen molar-refractivity contribution in [2.45, 2.75) is 17.9 Å². The maximum Gasteiger partial charge on any atom is 0.240 e. The summed E-state index contributed by atoms with van der Waals surface area (Å²) in [7, 11) is -3.46. The molecule has 4 nitrogen and oxygen atoms in total. The number of sulfonamides is 1. The Morgan fingerprint density at radius 2 is 2.18 bits per heavy atom. The van der Waals surface area contributed by atoms with Crippen LogP contribution in [0, 0.1) is 0 Å². The van der Waals surface area contributed by atoms with Crippen LogP contribution in [0.2, 0.25) is 0 Å². The van der Waals surface area contributed by atoms with Gasteiger partial charge in [-0.1, -0.05) is 12.1 Å². The van der Waals surface area contributed by atoms with E-state index in [0.717, 1.165) is 5.75 Å². The Kier molecular flexibility index (Phi) is 5.45. The van der Waals surface area contributed by atoms with Crippen molar-refractivity contribution >= 4 is 21.8 Å². The van der Waals surface area contributed by atoms with Crippen molar-refractivity contribution in [2.24, 2.45) is 0 Å². The molecule has 1 unspecified atom stereocenters. The SMILES string of the molecule is CSCCNS(=O)(=O)c1cccc(C(C)O)c1. The smallest absolute Gasteiger partial charge is 0.240 e. The first-order chi connectivity index (χ1) is 7.97. The van der Waals surface area contributed by atoms with Crippen LogP contribution < -0.4 is 4.72 Å². The molecule has 17 heavy (non-hydrogen) atoms. The van der Waals surface area contributed by atoms with Crippen LogP contribution >= 0.6 is 11.8 Å². The number of rotatable bonds is 6. The molecule has 6 heteroatoms. The summed E-state index contributed by atoms with van der Waals surface area (Å²) in [5.74, 6) is 0.731. The second kappa shape index (κ2) is 6.39. The number of thioether (sulfide) groups is 1. The fraction of sp³-hybridized carbons (Fsp3) is 0.455. The van der Waals surface area contributed by atoms with Gasteiger partial charge >= 0.3 is 0 Å². The molecule has 1 atom stereocenters. The van der Waals surface area contributed by atoms with Gasteiger partial charge in [0.15, 0.2) is 0 Å². The number of hydrogen-bond donors (Lipinski definition) is 2. The van der Waals surface area contributed by atoms with E-state index < -0.39 is 16.1 Å². The predicted molar refractivity (Wildman–Crippen MR) is 70.6 cm³/mol. The number of hydrogen-bond acceptors (Lipinski definition) is 4. The van der Waals surface area contributed by atoms with Gasteiger partial charge in [-0.15, -0.1) is 0 Å². The molecule has 0 aliphatic carbocycles. The standard InChI is InChI=1S/C11H17NO3S2/c1-9(13)10-4-3-5-11(8-10)17(14,15)12-6-7-16-2/h3-5,8-9,12-13H,6-7H2,1-2H3. The summed E-state index contributed by atoms with van der Waals surface area (Å²) in [4.78, 5) is 0.192. The highest BCUT2D eigenvalue weighted by atomic mass is 32.2. The van der Waals surface area contributed by atoms with Crippen molar-refractivity contribution in [3.8, 4) is 0 Å². The number of aliphatic hydroxyl groups excluding tert-OH is 1. The quantitative estimate of drug-likeness (QED) is 0.770. The van der Waals surface area contributed by atoms with Gasteiger partial charge in [-0.25, -0.2) is 13.1 Å². The Morgan fingerprint density at radius 1 is 1.47 bits per heavy atom. The lowest BCUT2D eigenvalue weighted by Crippen LogP contribution is -2.26. The Morgan fingerprint density at radius 3 is 2.76 bits per heavy atom. The second-order valence-corrected chi connectivity index (χ2v) is 6.39. The summed E-state index contributed by atoms with van der Waals surface area (Å²) in [6.45, 7) is 2.01. The molecule has 1 aromatic rings. The highest BCUT2D eigenvalue weighted by Gasteiger charge is 2.14. The van der Waals surface area contributed by atoms with E-state index in [2.05, 4.69) is 4.72 Å². The van der Waals surface area contributed by atoms with E-state index in [1.807, 2.05) is 6.26 Å². The third-order valence-electron chi connectivity index (χ3n) is 2.25. The van der Waals surface area contributed by atoms with Crippen LogP contribution in [-0.4, -0.2) is 32.1 Å². The largest absolute Gasteiger partial charge is 0.389 e. The Hall–Kier alpha value is -0.560. The van der Waals surface area contributed by atoms with E-state index in [9.17, 15) is 13.5 Å². The zero-order valence-electron chi connectivity index (χ0n) is 9.88. The van der Waals surface area contributed by atoms with Crippen molar-refractivity contribution in [1.82, 2.24) is 4.72 Å². The van der Waals surface area contributed by atoms with Crippen LogP contribution in [0.5, 0.6) is 0 Å². The fourth-order valence-corrected chi connectivity index (χ4v) is 2.82. The summed E-state index contributed by atoms with van der Waals surface area (Å²) in [6, 6.07) is 6.34. The van der Waals surface area contributed by atoms with Gasteiger partial charge in [0.2, 0.25) is 10.0 Å². The van der Waals surface area contributed by atoms with E-state index in [1.165, 1.54) is 12.1 Å². The lowest BCUT2D eigenvalue weighted by Gasteiger charge is -2.09. The molecule has 96 valence electrons. The van der Waals surface area contributed by atoms with Crippen molar-refractivity contribution in [2.75, 3.05) is 18.6 Å². The molecule has 0 spiro atoms. The van der Waals surface area contributed by atoms with Gasteiger partial charge in [0.25, 0.3) is 0 Å². The van der Waals surface area contributed by atoms with Gasteiger partial charge in [-0.05, 0) is 30.9 Å². The first-order valence-corrected chi connectivity index (χ1v) is 8.11. The van der Waals surface area contributed by atoms with Crippen molar-refractivity contribution in [3.05, 3.63) is 29.8 Å². The van der Waals surface area contributed by atoms with Crippen LogP contribution in [0.4, 0.5) is 0 Å². The summed E-state index contributed by atoms with van der Waals surface area (Å²) < 4.78 is 26.3. The van der Waals surface area contributed by atoms with Crippen molar-refractivity contribution in [3.63, 3.8) is 0 Å². The van der Waals surface area contributed by atoms with Gasteiger partial charge in [-0.2, -0.15) is 11.8 Å². The summed E-state index contributed by atoms with van der Waals surface area (Å²) >= 11 is 1.58. The number of nitrogens with one attached hydrogen (secondary N) is 1. The monoisotopic (exact) mass is 275 g/mol. The van der Waals surface area contributed by atoms with E-state index in [4.69, 9.17) is 0 Å². The Bertz CT molecular complexity index is 458. The minimum Gasteiger partial charge on any atom is -0.389 e. The molecule has 0 fully saturated rings. The van der Waals surface area contributed by atoms with Crippen LogP contribution in [0.3, 0.4) is 0 Å². The van der Waals surface area contributed by atoms with Gasteiger partial charge in [0, 0.05) is 12.3 Å². The van der Waals surface area contributed by atoms with Gasteiger partial charge in [0.1, 0.15) is 0 Å². The summed E-state index contributed by atoms with van der Waals surface area (Å²) in [6.07, 6.45) is 1.25. The van der Waals surface area contributed by atoms with Gasteiger partial charge in [0.05, 0.1) is 11.0 Å². The molecule has 1 aromatic carbocycles. The van der Waals surface area contributed by atoms with Crippen LogP contribution in [-0.2, 0) is 10.0 Å². The molecule has 0 aliphatic heterocycles. The molecule has 0 bridgehead atoms. The molecular formula is C11H17NO3S2. The van der Waals surface area contributed by atoms with Crippen LogP contribution in [0.1, 0.15) is 18.6 Å². The van der Waals surface area contributed by atoms with E-state index in [-0.39, 0.29) is 4.90 Å². The summed E-state index contributed by atoms with van der Waals surface area (Å²) in [5, 5.41) is 9.41. The van der Waals surface area contributed by atoms with Crippen LogP contribution in [0.15, 0.2) is 29.2 Å². The molecule has 0 saturated carbocycles. The third kappa shape index (κ3) is 4.31. The third-order valence-corrected chi connectivity index (χ3v) is 4.32. The van der Waals surface area contributed by atoms with Crippen molar-refractivity contribution in [1.29, 1.82) is 0 Å². The fourth-order valence-electron chi connectivity index (χ4n) is 1.30. The molecule has 1 rings (SSSR count). The Balaban J connectivity index is 2.87. The average Bonchev–Trinajstić information content (AvgIpc) is 2.29. The van der Waals surface area contributed by atoms with Gasteiger partial charge in [-0.3, -0.25) is 0 Å². The number of benzene rings is 1. The minimum atomic E-state index is -3.46. The van der Waals surface area contributed by atoms with E-state index in [0.29, 0.717) is 12.1 Å². The summed E-state index contributed by atoms with van der Waals surface area (Å²) in [5.41, 5.74) is 0.595. The molecule has 0 aliphatic rings. The van der Waals surface area contributed by atoms with Crippen LogP contribution in [0.25, 0.3) is 0 Å². The minimum absolute atomic E-state index is 0.192. The molecule has 0 amide bonds. The Labute approximate surface area is 106 Å². The van der Waals surface area contributed by atoms with E-state index >= 15 is 0 Å². The molecule has 0 saturated heterocycles. The normalized spacial score (nSPS) is 13.6. The highest BCUT2D eigenvalue weighted by molar-refractivity contribution is 7.98. The molecule has 0 radical (unpaired) electrons. The maximum absolute atomic E-state index is 11.9. The molecular weight excluding hydrogens is 258 g/mol.